The molecule has 0 amide bonds. The molecule has 4 aromatic rings. The van der Waals surface area contributed by atoms with E-state index in [1.165, 1.54) is 39.6 Å². The lowest BCUT2D eigenvalue weighted by molar-refractivity contribution is 0.355. The van der Waals surface area contributed by atoms with Crippen molar-refractivity contribution in [1.82, 2.24) is 14.5 Å². The van der Waals surface area contributed by atoms with E-state index in [0.29, 0.717) is 33.7 Å². The molecule has 0 saturated heterocycles. The lowest BCUT2D eigenvalue weighted by Gasteiger charge is -2.13. The van der Waals surface area contributed by atoms with E-state index in [1.54, 1.807) is 30.5 Å². The highest BCUT2D eigenvalue weighted by Gasteiger charge is 2.15. The van der Waals surface area contributed by atoms with Gasteiger partial charge in [0.05, 0.1) is 25.3 Å². The number of pyridine rings is 1. The molecule has 0 aliphatic carbocycles. The van der Waals surface area contributed by atoms with Gasteiger partial charge in [-0.2, -0.15) is 0 Å². The summed E-state index contributed by atoms with van der Waals surface area (Å²) in [6.45, 7) is 0. The van der Waals surface area contributed by atoms with E-state index in [2.05, 4.69) is 9.97 Å². The third kappa shape index (κ3) is 3.61. The molecule has 1 N–H and O–H groups in total. The predicted molar refractivity (Wildman–Crippen MR) is 111 cm³/mol. The Balaban J connectivity index is 1.73. The standard InChI is InChI=1S/C22H18FN3O5/c1-26-21(27)14(11-25-22(26)28)12-4-5-18(15(23)8-12)31-17-6-7-24-16-10-20(30-3)19(29-2)9-13(16)17/h4-11H,1-3H3,(H,25,28). The van der Waals surface area contributed by atoms with E-state index in [9.17, 15) is 14.3 Å². The molecule has 0 bridgehead atoms. The van der Waals surface area contributed by atoms with Crippen molar-refractivity contribution in [3.8, 4) is 40.1 Å². The van der Waals surface area contributed by atoms with E-state index in [0.717, 1.165) is 4.57 Å². The maximum absolute atomic E-state index is 14.8. The maximum atomic E-state index is 14.8. The molecule has 0 spiro atoms. The summed E-state index contributed by atoms with van der Waals surface area (Å²) in [5, 5.41) is 10.1. The lowest BCUT2D eigenvalue weighted by atomic mass is 10.1. The molecule has 0 unspecified atom stereocenters. The van der Waals surface area contributed by atoms with Crippen LogP contribution in [0.25, 0.3) is 22.0 Å². The van der Waals surface area contributed by atoms with E-state index in [4.69, 9.17) is 14.2 Å². The van der Waals surface area contributed by atoms with E-state index >= 15 is 0 Å². The molecule has 0 radical (unpaired) electrons. The zero-order chi connectivity index (χ0) is 22.1. The summed E-state index contributed by atoms with van der Waals surface area (Å²) in [6, 6.07) is 8.73. The Morgan fingerprint density at radius 1 is 0.968 bits per heavy atom. The molecular formula is C22H18FN3O5. The van der Waals surface area contributed by atoms with Gasteiger partial charge in [-0.25, -0.2) is 9.37 Å². The fourth-order valence-corrected chi connectivity index (χ4v) is 3.14. The SMILES string of the molecule is COc1cc2nccc(Oc3ccc(-c4cnc(O)n(C)c4=O)cc3F)c2cc1OC. The minimum absolute atomic E-state index is 0.0328. The second-order valence-electron chi connectivity index (χ2n) is 6.62. The van der Waals surface area contributed by atoms with Crippen LogP contribution >= 0.6 is 0 Å². The number of ether oxygens (including phenoxy) is 3. The molecule has 158 valence electrons. The van der Waals surface area contributed by atoms with Crippen molar-refractivity contribution in [2.75, 3.05) is 14.2 Å². The van der Waals surface area contributed by atoms with Crippen molar-refractivity contribution in [3.05, 3.63) is 65.0 Å². The van der Waals surface area contributed by atoms with Gasteiger partial charge >= 0.3 is 0 Å². The average molecular weight is 423 g/mol. The monoisotopic (exact) mass is 423 g/mol. The van der Waals surface area contributed by atoms with Gasteiger partial charge in [-0.1, -0.05) is 6.07 Å². The predicted octanol–water partition coefficient (Wildman–Crippen LogP) is 3.65. The van der Waals surface area contributed by atoms with Crippen molar-refractivity contribution >= 4 is 10.9 Å². The number of nitrogens with zero attached hydrogens (tertiary/aromatic N) is 3. The molecule has 31 heavy (non-hydrogen) atoms. The number of aromatic nitrogens is 3. The molecule has 2 heterocycles. The summed E-state index contributed by atoms with van der Waals surface area (Å²) < 4.78 is 32.2. The maximum Gasteiger partial charge on any atom is 0.296 e. The van der Waals surface area contributed by atoms with Crippen LogP contribution in [-0.4, -0.2) is 33.9 Å². The second-order valence-corrected chi connectivity index (χ2v) is 6.62. The first-order valence-electron chi connectivity index (χ1n) is 9.16. The van der Waals surface area contributed by atoms with E-state index < -0.39 is 17.4 Å². The third-order valence-corrected chi connectivity index (χ3v) is 4.81. The van der Waals surface area contributed by atoms with E-state index in [1.807, 2.05) is 0 Å². The van der Waals surface area contributed by atoms with Gasteiger partial charge in [0.15, 0.2) is 23.1 Å². The number of hydrogen-bond donors (Lipinski definition) is 1. The zero-order valence-electron chi connectivity index (χ0n) is 16.9. The molecule has 0 fully saturated rings. The Morgan fingerprint density at radius 2 is 1.71 bits per heavy atom. The Hall–Kier alpha value is -4.14. The fourth-order valence-electron chi connectivity index (χ4n) is 3.14. The van der Waals surface area contributed by atoms with Crippen LogP contribution in [0.4, 0.5) is 4.39 Å². The molecule has 0 atom stereocenters. The molecule has 2 aromatic carbocycles. The third-order valence-electron chi connectivity index (χ3n) is 4.81. The van der Waals surface area contributed by atoms with Gasteiger partial charge in [0.1, 0.15) is 5.75 Å². The number of aromatic hydroxyl groups is 1. The molecule has 0 aliphatic rings. The Bertz CT molecular complexity index is 1350. The minimum Gasteiger partial charge on any atom is -0.493 e. The van der Waals surface area contributed by atoms with Crippen LogP contribution < -0.4 is 19.8 Å². The summed E-state index contributed by atoms with van der Waals surface area (Å²) in [7, 11) is 4.42. The number of halogens is 1. The van der Waals surface area contributed by atoms with Crippen molar-refractivity contribution < 1.29 is 23.7 Å². The molecule has 0 aliphatic heterocycles. The second kappa shape index (κ2) is 7.94. The summed E-state index contributed by atoms with van der Waals surface area (Å²) >= 11 is 0. The molecule has 4 rings (SSSR count). The highest BCUT2D eigenvalue weighted by atomic mass is 19.1. The Labute approximate surface area is 176 Å². The summed E-state index contributed by atoms with van der Waals surface area (Å²) in [5.74, 6) is 0.672. The zero-order valence-corrected chi connectivity index (χ0v) is 16.9. The van der Waals surface area contributed by atoms with Crippen molar-refractivity contribution in [3.63, 3.8) is 0 Å². The van der Waals surface area contributed by atoms with Crippen LogP contribution in [0, 0.1) is 5.82 Å². The van der Waals surface area contributed by atoms with Crippen LogP contribution in [0.5, 0.6) is 29.0 Å². The number of methoxy groups -OCH3 is 2. The van der Waals surface area contributed by atoms with Gasteiger partial charge in [-0.05, 0) is 29.8 Å². The summed E-state index contributed by atoms with van der Waals surface area (Å²) in [4.78, 5) is 20.3. The van der Waals surface area contributed by atoms with Crippen LogP contribution in [0.1, 0.15) is 0 Å². The Morgan fingerprint density at radius 3 is 2.42 bits per heavy atom. The van der Waals surface area contributed by atoms with Crippen LogP contribution in [0.2, 0.25) is 0 Å². The topological polar surface area (TPSA) is 95.7 Å². The number of hydrogen-bond acceptors (Lipinski definition) is 7. The van der Waals surface area contributed by atoms with Crippen LogP contribution in [0.3, 0.4) is 0 Å². The van der Waals surface area contributed by atoms with Crippen molar-refractivity contribution in [2.24, 2.45) is 7.05 Å². The first kappa shape index (κ1) is 20.1. The first-order chi connectivity index (χ1) is 14.9. The van der Waals surface area contributed by atoms with Gasteiger partial charge in [-0.15, -0.1) is 0 Å². The average Bonchev–Trinajstić information content (AvgIpc) is 2.78. The van der Waals surface area contributed by atoms with Crippen molar-refractivity contribution in [1.29, 1.82) is 0 Å². The molecule has 2 aromatic heterocycles. The highest BCUT2D eigenvalue weighted by Crippen LogP contribution is 2.37. The van der Waals surface area contributed by atoms with Crippen molar-refractivity contribution in [2.45, 2.75) is 0 Å². The summed E-state index contributed by atoms with van der Waals surface area (Å²) in [6.07, 6.45) is 2.74. The quantitative estimate of drug-likeness (QED) is 0.523. The van der Waals surface area contributed by atoms with E-state index in [-0.39, 0.29) is 11.3 Å². The Kier molecular flexibility index (Phi) is 5.16. The van der Waals surface area contributed by atoms with Crippen LogP contribution in [-0.2, 0) is 7.05 Å². The molecule has 0 saturated carbocycles. The summed E-state index contributed by atoms with van der Waals surface area (Å²) in [5.41, 5.74) is 0.550. The number of fused-ring (bicyclic) bond motifs is 1. The lowest BCUT2D eigenvalue weighted by Crippen LogP contribution is -2.19. The van der Waals surface area contributed by atoms with Gasteiger partial charge in [0.25, 0.3) is 11.6 Å². The van der Waals surface area contributed by atoms with Gasteiger partial charge < -0.3 is 19.3 Å². The van der Waals surface area contributed by atoms with Crippen LogP contribution in [0.15, 0.2) is 53.6 Å². The number of benzene rings is 2. The smallest absolute Gasteiger partial charge is 0.296 e. The molecule has 9 heteroatoms. The normalized spacial score (nSPS) is 10.8. The fraction of sp³-hybridized carbons (Fsp3) is 0.136. The first-order valence-corrected chi connectivity index (χ1v) is 9.16. The number of rotatable bonds is 5. The van der Waals surface area contributed by atoms with Gasteiger partial charge in [-0.3, -0.25) is 14.3 Å². The largest absolute Gasteiger partial charge is 0.493 e. The molecule has 8 nitrogen and oxygen atoms in total. The van der Waals surface area contributed by atoms with Gasteiger partial charge in [0.2, 0.25) is 0 Å². The minimum atomic E-state index is -0.668. The van der Waals surface area contributed by atoms with Gasteiger partial charge in [0, 0.05) is 30.9 Å². The highest BCUT2D eigenvalue weighted by molar-refractivity contribution is 5.88. The molecular weight excluding hydrogens is 405 g/mol.